The quantitative estimate of drug-likeness (QED) is 0.114. The molecule has 2 bridgehead atoms. The molecule has 0 aromatic rings. The second-order valence-corrected chi connectivity index (χ2v) is 21.8. The molecule has 60 heavy (non-hydrogen) atoms. The molecule has 3 amide bonds. The van der Waals surface area contributed by atoms with E-state index < -0.39 is 24.2 Å². The summed E-state index contributed by atoms with van der Waals surface area (Å²) in [4.78, 5) is 48.8. The van der Waals surface area contributed by atoms with Crippen molar-refractivity contribution >= 4 is 17.7 Å². The maximum Gasteiger partial charge on any atom is 0.240 e. The van der Waals surface area contributed by atoms with E-state index in [1.54, 1.807) is 19.1 Å². The van der Waals surface area contributed by atoms with Crippen LogP contribution in [0.2, 0.25) is 0 Å². The summed E-state index contributed by atoms with van der Waals surface area (Å²) in [7, 11) is 1.78. The average molecular weight is 841 g/mol. The lowest BCUT2D eigenvalue weighted by Gasteiger charge is -2.62. The first-order valence-electron chi connectivity index (χ1n) is 25.0. The highest BCUT2D eigenvalue weighted by Gasteiger charge is 2.58. The van der Waals surface area contributed by atoms with Gasteiger partial charge in [0.15, 0.2) is 0 Å². The van der Waals surface area contributed by atoms with Crippen LogP contribution in [0.25, 0.3) is 0 Å². The summed E-state index contributed by atoms with van der Waals surface area (Å²) in [5, 5.41) is 33.4. The molecule has 1 saturated heterocycles. The largest absolute Gasteiger partial charge is 0.394 e. The fraction of sp³-hybridized carbons (Fsp3) is 0.939. The van der Waals surface area contributed by atoms with Gasteiger partial charge in [0, 0.05) is 56.5 Å². The Morgan fingerprint density at radius 1 is 0.800 bits per heavy atom. The zero-order valence-electron chi connectivity index (χ0n) is 38.1. The number of ether oxygens (including phenoxy) is 1. The van der Waals surface area contributed by atoms with Crippen LogP contribution in [0.15, 0.2) is 0 Å². The van der Waals surface area contributed by atoms with Gasteiger partial charge in [0.05, 0.1) is 18.8 Å². The summed E-state index contributed by atoms with van der Waals surface area (Å²) in [6.07, 6.45) is 20.4. The third-order valence-electron chi connectivity index (χ3n) is 18.0. The van der Waals surface area contributed by atoms with Crippen LogP contribution in [0.3, 0.4) is 0 Å². The van der Waals surface area contributed by atoms with Crippen molar-refractivity contribution in [1.82, 2.24) is 21.0 Å². The number of nitrogens with zero attached hydrogens (tertiary/aromatic N) is 1. The van der Waals surface area contributed by atoms with Gasteiger partial charge in [0.2, 0.25) is 17.7 Å². The first-order valence-corrected chi connectivity index (χ1v) is 25.0. The standard InChI is InChI=1S/C49H84N4O7/c1-30-40-26-38(49(40,3)4)27-41(30)52-48(58)44-43(31(2)55)42(29-54)60-53(44)28-34-17-12-18-39(45(34)59-5)35-23-36(46(56)50-21-19-32-13-8-6-9-14-32)25-37(24-35)47(57)51-22-20-33-15-10-7-11-16-33/h30-45,54-55H,6-29H2,1-5H3,(H,50,56)(H,51,57)(H,52,58)/t30-,31-,34?,35?,36?,37?,38+,39?,40-,41-,42-,43-,44-,45?/m0/s1. The van der Waals surface area contributed by atoms with E-state index in [1.165, 1.54) is 70.6 Å². The Balaban J connectivity index is 1.04. The lowest BCUT2D eigenvalue weighted by Crippen LogP contribution is -2.62. The summed E-state index contributed by atoms with van der Waals surface area (Å²) in [6, 6.07) is -0.664. The second kappa shape index (κ2) is 20.8. The van der Waals surface area contributed by atoms with Crippen molar-refractivity contribution in [2.75, 3.05) is 33.4 Å². The van der Waals surface area contributed by atoms with Crippen molar-refractivity contribution in [2.45, 2.75) is 187 Å². The van der Waals surface area contributed by atoms with Crippen molar-refractivity contribution < 1.29 is 34.2 Å². The summed E-state index contributed by atoms with van der Waals surface area (Å²) in [5.41, 5.74) is 0.301. The highest BCUT2D eigenvalue weighted by atomic mass is 16.7. The number of methoxy groups -OCH3 is 1. The number of aliphatic hydroxyl groups excluding tert-OH is 2. The van der Waals surface area contributed by atoms with Crippen molar-refractivity contribution in [3.63, 3.8) is 0 Å². The van der Waals surface area contributed by atoms with Gasteiger partial charge in [-0.1, -0.05) is 91.4 Å². The highest BCUT2D eigenvalue weighted by molar-refractivity contribution is 5.83. The summed E-state index contributed by atoms with van der Waals surface area (Å²) in [6.45, 7) is 10.3. The molecule has 7 aliphatic carbocycles. The van der Waals surface area contributed by atoms with Gasteiger partial charge in [-0.3, -0.25) is 19.2 Å². The van der Waals surface area contributed by atoms with Gasteiger partial charge >= 0.3 is 0 Å². The van der Waals surface area contributed by atoms with Gasteiger partial charge in [-0.25, -0.2) is 0 Å². The van der Waals surface area contributed by atoms with Gasteiger partial charge in [-0.05, 0) is 112 Å². The zero-order valence-corrected chi connectivity index (χ0v) is 38.1. The molecule has 11 heteroatoms. The van der Waals surface area contributed by atoms with E-state index in [2.05, 4.69) is 36.7 Å². The Hall–Kier alpha value is -1.79. The molecule has 0 aromatic heterocycles. The van der Waals surface area contributed by atoms with E-state index in [1.807, 2.05) is 0 Å². The van der Waals surface area contributed by atoms with Gasteiger partial charge in [-0.2, -0.15) is 5.06 Å². The molecule has 342 valence electrons. The van der Waals surface area contributed by atoms with Crippen LogP contribution in [0.5, 0.6) is 0 Å². The number of fused-ring (bicyclic) bond motifs is 2. The van der Waals surface area contributed by atoms with Crippen molar-refractivity contribution in [3.8, 4) is 0 Å². The third kappa shape index (κ3) is 10.4. The number of carbonyl (C=O) groups is 3. The molecule has 7 saturated carbocycles. The van der Waals surface area contributed by atoms with E-state index >= 15 is 0 Å². The zero-order chi connectivity index (χ0) is 42.6. The number of nitrogens with one attached hydrogen (secondary N) is 3. The molecule has 0 aromatic carbocycles. The summed E-state index contributed by atoms with van der Waals surface area (Å²) in [5.74, 6) is 2.33. The number of hydrogen-bond donors (Lipinski definition) is 5. The Morgan fingerprint density at radius 3 is 1.92 bits per heavy atom. The van der Waals surface area contributed by atoms with Crippen LogP contribution >= 0.6 is 0 Å². The van der Waals surface area contributed by atoms with Crippen molar-refractivity contribution in [1.29, 1.82) is 0 Å². The van der Waals surface area contributed by atoms with Crippen LogP contribution in [0.4, 0.5) is 0 Å². The fourth-order valence-corrected chi connectivity index (χ4v) is 14.3. The topological polar surface area (TPSA) is 149 Å². The van der Waals surface area contributed by atoms with Crippen LogP contribution in [0.1, 0.15) is 156 Å². The van der Waals surface area contributed by atoms with Gasteiger partial charge in [-0.15, -0.1) is 0 Å². The number of rotatable bonds is 16. The van der Waals surface area contributed by atoms with E-state index in [9.17, 15) is 24.6 Å². The smallest absolute Gasteiger partial charge is 0.240 e. The monoisotopic (exact) mass is 841 g/mol. The molecule has 0 radical (unpaired) electrons. The molecule has 8 rings (SSSR count). The predicted octanol–water partition coefficient (Wildman–Crippen LogP) is 6.78. The molecule has 5 N–H and O–H groups in total. The number of amides is 3. The molecular weight excluding hydrogens is 757 g/mol. The van der Waals surface area contributed by atoms with Crippen molar-refractivity contribution in [3.05, 3.63) is 0 Å². The minimum Gasteiger partial charge on any atom is -0.394 e. The maximum atomic E-state index is 14.4. The molecule has 8 aliphatic rings. The minimum absolute atomic E-state index is 0.0330. The predicted molar refractivity (Wildman–Crippen MR) is 233 cm³/mol. The Labute approximate surface area is 362 Å². The number of carbonyl (C=O) groups excluding carboxylic acids is 3. The Kier molecular flexibility index (Phi) is 16.0. The molecule has 0 spiro atoms. The maximum absolute atomic E-state index is 14.4. The van der Waals surface area contributed by atoms with Crippen LogP contribution in [-0.4, -0.2) is 96.7 Å². The molecule has 11 nitrogen and oxygen atoms in total. The van der Waals surface area contributed by atoms with E-state index in [0.29, 0.717) is 61.1 Å². The number of aliphatic hydroxyl groups is 2. The highest BCUT2D eigenvalue weighted by Crippen LogP contribution is 2.61. The lowest BCUT2D eigenvalue weighted by atomic mass is 9.45. The lowest BCUT2D eigenvalue weighted by molar-refractivity contribution is -0.193. The SMILES string of the molecule is COC1C(CN2O[C@@H](CO)[C@H]([C@H](C)O)[C@H]2C(=O)N[C@H]2C[C@H]3C[C@@H]([C@@H]2C)C3(C)C)CCCC1C1CC(C(=O)NCCC2CCCCC2)CC(C(=O)NCCC2CCCCC2)C1. The van der Waals surface area contributed by atoms with E-state index in [0.717, 1.165) is 51.4 Å². The molecule has 1 aliphatic heterocycles. The number of hydrogen-bond acceptors (Lipinski definition) is 8. The summed E-state index contributed by atoms with van der Waals surface area (Å²) < 4.78 is 6.45. The van der Waals surface area contributed by atoms with Crippen molar-refractivity contribution in [2.24, 2.45) is 70.5 Å². The molecular formula is C49H84N4O7. The van der Waals surface area contributed by atoms with Crippen LogP contribution in [0, 0.1) is 70.5 Å². The van der Waals surface area contributed by atoms with Crippen LogP contribution < -0.4 is 16.0 Å². The minimum atomic E-state index is -0.852. The molecule has 13 atom stereocenters. The first-order chi connectivity index (χ1) is 28.9. The normalized spacial score (nSPS) is 39.4. The third-order valence-corrected chi connectivity index (χ3v) is 18.0. The average Bonchev–Trinajstić information content (AvgIpc) is 3.63. The van der Waals surface area contributed by atoms with Gasteiger partial charge in [0.25, 0.3) is 0 Å². The molecule has 8 fully saturated rings. The molecule has 5 unspecified atom stereocenters. The van der Waals surface area contributed by atoms with Gasteiger partial charge < -0.3 is 30.9 Å². The van der Waals surface area contributed by atoms with E-state index in [-0.39, 0.29) is 66.1 Å². The summed E-state index contributed by atoms with van der Waals surface area (Å²) >= 11 is 0. The Morgan fingerprint density at radius 2 is 1.40 bits per heavy atom. The second-order valence-electron chi connectivity index (χ2n) is 21.8. The fourth-order valence-electron chi connectivity index (χ4n) is 14.3. The first kappa shape index (κ1) is 46.2. The Bertz CT molecular complexity index is 1370. The number of hydroxylamine groups is 2. The molecule has 1 heterocycles. The van der Waals surface area contributed by atoms with Crippen LogP contribution in [-0.2, 0) is 24.0 Å². The van der Waals surface area contributed by atoms with Gasteiger partial charge in [0.1, 0.15) is 12.1 Å². The van der Waals surface area contributed by atoms with E-state index in [4.69, 9.17) is 9.57 Å².